The zero-order valence-corrected chi connectivity index (χ0v) is 18.1. The highest BCUT2D eigenvalue weighted by molar-refractivity contribution is 8.00. The minimum atomic E-state index is -0.296. The van der Waals surface area contributed by atoms with Crippen LogP contribution in [0.15, 0.2) is 77.8 Å². The minimum Gasteiger partial charge on any atom is -0.355 e. The summed E-state index contributed by atoms with van der Waals surface area (Å²) in [5.41, 5.74) is 2.60. The van der Waals surface area contributed by atoms with Gasteiger partial charge in [0.05, 0.1) is 5.75 Å². The molecule has 0 unspecified atom stereocenters. The monoisotopic (exact) mass is 451 g/mol. The number of aromatic nitrogens is 2. The number of hydrogen-bond acceptors (Lipinski definition) is 4. The van der Waals surface area contributed by atoms with Gasteiger partial charge in [0.25, 0.3) is 0 Å². The number of thioether (sulfide) groups is 1. The van der Waals surface area contributed by atoms with Crippen molar-refractivity contribution in [2.24, 2.45) is 0 Å². The second-order valence-electron chi connectivity index (χ2n) is 6.92. The molecule has 156 valence electrons. The number of halogens is 2. The average molecular weight is 452 g/mol. The van der Waals surface area contributed by atoms with Crippen molar-refractivity contribution in [2.75, 3.05) is 12.3 Å². The van der Waals surface area contributed by atoms with E-state index in [1.165, 1.54) is 23.9 Å². The smallest absolute Gasteiger partial charge is 0.230 e. The van der Waals surface area contributed by atoms with Crippen LogP contribution in [0.1, 0.15) is 5.56 Å². The van der Waals surface area contributed by atoms with Gasteiger partial charge in [-0.05, 0) is 48.4 Å². The SMILES string of the molecule is O=C(CSc1nnc(-c2ccc(F)cc2)c2ccccc12)NCCc1ccc(Cl)cc1. The Labute approximate surface area is 188 Å². The van der Waals surface area contributed by atoms with Crippen LogP contribution < -0.4 is 5.32 Å². The third-order valence-electron chi connectivity index (χ3n) is 4.76. The van der Waals surface area contributed by atoms with Crippen LogP contribution in [-0.2, 0) is 11.2 Å². The summed E-state index contributed by atoms with van der Waals surface area (Å²) in [5, 5.41) is 14.8. The number of benzene rings is 3. The molecule has 1 amide bonds. The number of fused-ring (bicyclic) bond motifs is 1. The van der Waals surface area contributed by atoms with Crippen molar-refractivity contribution in [1.82, 2.24) is 15.5 Å². The second-order valence-corrected chi connectivity index (χ2v) is 8.32. The number of nitrogens with zero attached hydrogens (tertiary/aromatic N) is 2. The van der Waals surface area contributed by atoms with Crippen LogP contribution in [0.5, 0.6) is 0 Å². The predicted molar refractivity (Wildman–Crippen MR) is 124 cm³/mol. The van der Waals surface area contributed by atoms with E-state index < -0.39 is 0 Å². The van der Waals surface area contributed by atoms with E-state index >= 15 is 0 Å². The molecule has 0 saturated carbocycles. The second kappa shape index (κ2) is 9.90. The van der Waals surface area contributed by atoms with Gasteiger partial charge in [-0.25, -0.2) is 4.39 Å². The molecule has 0 aliphatic rings. The number of carbonyl (C=O) groups excluding carboxylic acids is 1. The minimum absolute atomic E-state index is 0.0625. The van der Waals surface area contributed by atoms with Crippen molar-refractivity contribution in [3.63, 3.8) is 0 Å². The fraction of sp³-hybridized carbons (Fsp3) is 0.125. The first kappa shape index (κ1) is 21.3. The summed E-state index contributed by atoms with van der Waals surface area (Å²) in [6.45, 7) is 0.553. The average Bonchev–Trinajstić information content (AvgIpc) is 2.79. The largest absolute Gasteiger partial charge is 0.355 e. The molecule has 1 N–H and O–H groups in total. The normalized spacial score (nSPS) is 10.9. The first-order valence-electron chi connectivity index (χ1n) is 9.75. The van der Waals surface area contributed by atoms with Crippen LogP contribution in [0, 0.1) is 5.82 Å². The van der Waals surface area contributed by atoms with E-state index in [-0.39, 0.29) is 17.5 Å². The van der Waals surface area contributed by atoms with Gasteiger partial charge in [-0.1, -0.05) is 59.8 Å². The lowest BCUT2D eigenvalue weighted by atomic mass is 10.1. The Morgan fingerprint density at radius 1 is 0.935 bits per heavy atom. The molecule has 7 heteroatoms. The molecule has 4 rings (SSSR count). The van der Waals surface area contributed by atoms with Gasteiger partial charge in [0.2, 0.25) is 5.91 Å². The lowest BCUT2D eigenvalue weighted by molar-refractivity contribution is -0.118. The van der Waals surface area contributed by atoms with Gasteiger partial charge in [-0.3, -0.25) is 4.79 Å². The zero-order valence-electron chi connectivity index (χ0n) is 16.5. The summed E-state index contributed by atoms with van der Waals surface area (Å²) in [6.07, 6.45) is 0.739. The Kier molecular flexibility index (Phi) is 6.79. The molecule has 31 heavy (non-hydrogen) atoms. The Morgan fingerprint density at radius 2 is 1.65 bits per heavy atom. The molecule has 0 spiro atoms. The number of amides is 1. The standard InChI is InChI=1S/C24H19ClFN3OS/c25-18-9-5-16(6-10-18)13-14-27-22(30)15-31-24-21-4-2-1-3-20(21)23(28-29-24)17-7-11-19(26)12-8-17/h1-12H,13-15H2,(H,27,30). The Bertz CT molecular complexity index is 1200. The van der Waals surface area contributed by atoms with Crippen molar-refractivity contribution < 1.29 is 9.18 Å². The van der Waals surface area contributed by atoms with E-state index in [0.29, 0.717) is 22.3 Å². The highest BCUT2D eigenvalue weighted by Crippen LogP contribution is 2.31. The number of carbonyl (C=O) groups is 1. The lowest BCUT2D eigenvalue weighted by Crippen LogP contribution is -2.27. The van der Waals surface area contributed by atoms with Gasteiger partial charge >= 0.3 is 0 Å². The maximum atomic E-state index is 13.3. The van der Waals surface area contributed by atoms with Gasteiger partial charge in [0, 0.05) is 27.9 Å². The third-order valence-corrected chi connectivity index (χ3v) is 5.99. The fourth-order valence-electron chi connectivity index (χ4n) is 3.19. The van der Waals surface area contributed by atoms with E-state index in [1.807, 2.05) is 48.5 Å². The third kappa shape index (κ3) is 5.40. The zero-order chi connectivity index (χ0) is 21.6. The Balaban J connectivity index is 1.41. The number of nitrogens with one attached hydrogen (secondary N) is 1. The molecule has 0 saturated heterocycles. The van der Waals surface area contributed by atoms with Gasteiger partial charge in [0.15, 0.2) is 0 Å². The molecule has 4 aromatic rings. The van der Waals surface area contributed by atoms with Crippen molar-refractivity contribution in [1.29, 1.82) is 0 Å². The topological polar surface area (TPSA) is 54.9 Å². The first-order chi connectivity index (χ1) is 15.1. The highest BCUT2D eigenvalue weighted by Gasteiger charge is 2.13. The molecule has 0 radical (unpaired) electrons. The van der Waals surface area contributed by atoms with Crippen LogP contribution in [0.3, 0.4) is 0 Å². The maximum Gasteiger partial charge on any atom is 0.230 e. The van der Waals surface area contributed by atoms with Crippen LogP contribution >= 0.6 is 23.4 Å². The summed E-state index contributed by atoms with van der Waals surface area (Å²) in [5.74, 6) is -0.113. The number of hydrogen-bond donors (Lipinski definition) is 1. The Morgan fingerprint density at radius 3 is 2.39 bits per heavy atom. The van der Waals surface area contributed by atoms with Crippen LogP contribution in [0.25, 0.3) is 22.0 Å². The molecule has 0 bridgehead atoms. The van der Waals surface area contributed by atoms with Crippen molar-refractivity contribution in [2.45, 2.75) is 11.4 Å². The van der Waals surface area contributed by atoms with E-state index in [0.717, 1.165) is 28.3 Å². The van der Waals surface area contributed by atoms with Crippen LogP contribution in [-0.4, -0.2) is 28.4 Å². The molecule has 0 fully saturated rings. The molecule has 1 aromatic heterocycles. The van der Waals surface area contributed by atoms with Gasteiger partial charge in [-0.15, -0.1) is 10.2 Å². The molecule has 0 aliphatic heterocycles. The number of rotatable bonds is 7. The summed E-state index contributed by atoms with van der Waals surface area (Å²) < 4.78 is 13.3. The summed E-state index contributed by atoms with van der Waals surface area (Å²) in [4.78, 5) is 12.3. The van der Waals surface area contributed by atoms with Crippen LogP contribution in [0.2, 0.25) is 5.02 Å². The highest BCUT2D eigenvalue weighted by atomic mass is 35.5. The van der Waals surface area contributed by atoms with E-state index in [4.69, 9.17) is 11.6 Å². The summed E-state index contributed by atoms with van der Waals surface area (Å²) in [7, 11) is 0. The van der Waals surface area contributed by atoms with Crippen molar-refractivity contribution >= 4 is 40.0 Å². The fourth-order valence-corrected chi connectivity index (χ4v) is 4.12. The van der Waals surface area contributed by atoms with Gasteiger partial charge in [-0.2, -0.15) is 0 Å². The van der Waals surface area contributed by atoms with Crippen LogP contribution in [0.4, 0.5) is 4.39 Å². The maximum absolute atomic E-state index is 13.3. The van der Waals surface area contributed by atoms with E-state index in [9.17, 15) is 9.18 Å². The quantitative estimate of drug-likeness (QED) is 0.375. The molecule has 3 aromatic carbocycles. The molecule has 1 heterocycles. The molecule has 0 atom stereocenters. The van der Waals surface area contributed by atoms with Gasteiger partial charge < -0.3 is 5.32 Å². The molecular weight excluding hydrogens is 433 g/mol. The molecule has 0 aliphatic carbocycles. The molecular formula is C24H19ClFN3OS. The van der Waals surface area contributed by atoms with E-state index in [1.54, 1.807) is 12.1 Å². The lowest BCUT2D eigenvalue weighted by Gasteiger charge is -2.09. The summed E-state index contributed by atoms with van der Waals surface area (Å²) >= 11 is 7.24. The predicted octanol–water partition coefficient (Wildman–Crippen LogP) is 5.54. The van der Waals surface area contributed by atoms with Gasteiger partial charge in [0.1, 0.15) is 16.5 Å². The van der Waals surface area contributed by atoms with E-state index in [2.05, 4.69) is 15.5 Å². The van der Waals surface area contributed by atoms with Crippen molar-refractivity contribution in [3.8, 4) is 11.3 Å². The molecule has 4 nitrogen and oxygen atoms in total. The Hall–Kier alpha value is -2.96. The van der Waals surface area contributed by atoms with Crippen molar-refractivity contribution in [3.05, 3.63) is 89.2 Å². The first-order valence-corrected chi connectivity index (χ1v) is 11.1. The summed E-state index contributed by atoms with van der Waals surface area (Å²) in [6, 6.07) is 21.5.